The Balaban J connectivity index is 1.56. The molecule has 0 saturated heterocycles. The maximum absolute atomic E-state index is 13.5. The second kappa shape index (κ2) is 11.4. The molecule has 35 heavy (non-hydrogen) atoms. The highest BCUT2D eigenvalue weighted by atomic mass is 16.5. The molecule has 2 saturated carbocycles. The molecular formula is C28H39N3O4. The first-order valence-corrected chi connectivity index (χ1v) is 13.2. The molecule has 1 aromatic heterocycles. The molecule has 7 heteroatoms. The Kier molecular flexibility index (Phi) is 8.33. The van der Waals surface area contributed by atoms with Gasteiger partial charge in [0.25, 0.3) is 5.91 Å². The van der Waals surface area contributed by atoms with Crippen molar-refractivity contribution in [1.29, 1.82) is 0 Å². The zero-order valence-electron chi connectivity index (χ0n) is 21.3. The van der Waals surface area contributed by atoms with Crippen LogP contribution in [0.1, 0.15) is 81.1 Å². The predicted molar refractivity (Wildman–Crippen MR) is 134 cm³/mol. The summed E-state index contributed by atoms with van der Waals surface area (Å²) >= 11 is 0. The fraction of sp³-hybridized carbons (Fsp3) is 0.679. The number of aromatic nitrogens is 1. The van der Waals surface area contributed by atoms with Gasteiger partial charge in [-0.1, -0.05) is 31.6 Å². The molecule has 0 unspecified atom stereocenters. The first-order valence-electron chi connectivity index (χ1n) is 13.2. The Morgan fingerprint density at radius 2 is 2.03 bits per heavy atom. The Bertz CT molecular complexity index is 974. The summed E-state index contributed by atoms with van der Waals surface area (Å²) in [6, 6.07) is 1.42. The number of aliphatic hydroxyl groups excluding tert-OH is 1. The smallest absolute Gasteiger partial charge is 0.259 e. The number of hydrogen-bond acceptors (Lipinski definition) is 5. The van der Waals surface area contributed by atoms with Crippen molar-refractivity contribution in [3.05, 3.63) is 23.4 Å². The lowest BCUT2D eigenvalue weighted by molar-refractivity contribution is -0.131. The number of likely N-dealkylation sites (N-methyl/N-ethyl adjacent to an activating group) is 1. The van der Waals surface area contributed by atoms with E-state index in [0.29, 0.717) is 42.5 Å². The van der Waals surface area contributed by atoms with Crippen LogP contribution in [0.2, 0.25) is 0 Å². The van der Waals surface area contributed by atoms with Crippen LogP contribution < -0.4 is 4.74 Å². The maximum atomic E-state index is 13.5. The van der Waals surface area contributed by atoms with Gasteiger partial charge in [0, 0.05) is 44.1 Å². The largest absolute Gasteiger partial charge is 0.472 e. The molecule has 0 spiro atoms. The Hall–Kier alpha value is -2.59. The van der Waals surface area contributed by atoms with Crippen LogP contribution in [0.15, 0.2) is 12.3 Å². The Morgan fingerprint density at radius 1 is 1.29 bits per heavy atom. The lowest BCUT2D eigenvalue weighted by atomic mass is 9.99. The minimum atomic E-state index is -0.345. The van der Waals surface area contributed by atoms with Gasteiger partial charge >= 0.3 is 0 Å². The third-order valence-corrected chi connectivity index (χ3v) is 7.66. The van der Waals surface area contributed by atoms with E-state index in [1.807, 2.05) is 20.9 Å². The number of ether oxygens (including phenoxy) is 1. The number of nitrogens with zero attached hydrogens (tertiary/aromatic N) is 3. The molecule has 1 aliphatic heterocycles. The van der Waals surface area contributed by atoms with Crippen LogP contribution in [0.5, 0.6) is 5.88 Å². The highest BCUT2D eigenvalue weighted by Gasteiger charge is 2.35. The highest BCUT2D eigenvalue weighted by molar-refractivity contribution is 5.97. The third kappa shape index (κ3) is 6.55. The summed E-state index contributed by atoms with van der Waals surface area (Å²) < 4.78 is 6.30. The van der Waals surface area contributed by atoms with Gasteiger partial charge in [-0.25, -0.2) is 4.98 Å². The second-order valence-corrected chi connectivity index (χ2v) is 10.8. The minimum Gasteiger partial charge on any atom is -0.472 e. The van der Waals surface area contributed by atoms with E-state index in [4.69, 9.17) is 4.74 Å². The summed E-state index contributed by atoms with van der Waals surface area (Å²) in [4.78, 5) is 34.1. The summed E-state index contributed by atoms with van der Waals surface area (Å²) in [5, 5.41) is 9.83. The van der Waals surface area contributed by atoms with E-state index in [9.17, 15) is 14.7 Å². The van der Waals surface area contributed by atoms with Crippen molar-refractivity contribution in [3.8, 4) is 17.7 Å². The molecule has 1 aromatic rings. The predicted octanol–water partition coefficient (Wildman–Crippen LogP) is 3.49. The van der Waals surface area contributed by atoms with Gasteiger partial charge in [0.1, 0.15) is 11.7 Å². The molecule has 3 atom stereocenters. The minimum absolute atomic E-state index is 0.0510. The number of amides is 2. The van der Waals surface area contributed by atoms with E-state index in [0.717, 1.165) is 19.3 Å². The van der Waals surface area contributed by atoms with Crippen LogP contribution in [0.4, 0.5) is 0 Å². The summed E-state index contributed by atoms with van der Waals surface area (Å²) in [6.07, 6.45) is 10.1. The second-order valence-electron chi connectivity index (χ2n) is 10.8. The van der Waals surface area contributed by atoms with Crippen molar-refractivity contribution >= 4 is 11.8 Å². The first-order chi connectivity index (χ1) is 16.9. The molecule has 2 aliphatic carbocycles. The number of carbonyl (C=O) groups is 2. The quantitative estimate of drug-likeness (QED) is 0.603. The lowest BCUT2D eigenvalue weighted by Crippen LogP contribution is -2.50. The normalized spacial score (nSPS) is 23.4. The van der Waals surface area contributed by atoms with E-state index >= 15 is 0 Å². The number of rotatable bonds is 7. The van der Waals surface area contributed by atoms with Gasteiger partial charge < -0.3 is 19.6 Å². The summed E-state index contributed by atoms with van der Waals surface area (Å²) in [5.74, 6) is 7.79. The van der Waals surface area contributed by atoms with Crippen LogP contribution in [0, 0.1) is 29.6 Å². The molecule has 2 amide bonds. The van der Waals surface area contributed by atoms with Crippen molar-refractivity contribution < 1.29 is 19.4 Å². The topological polar surface area (TPSA) is 83.0 Å². The molecule has 7 nitrogen and oxygen atoms in total. The molecule has 4 rings (SSSR count). The SMILES string of the molecule is C[C@H](CO)N1C[C@H](C)[C@@H](CN(C)C(=O)CC2CC2)Oc2ncc(C#CCC3CCCC3)cc2C1=O. The molecule has 2 fully saturated rings. The van der Waals surface area contributed by atoms with Crippen molar-refractivity contribution in [3.63, 3.8) is 0 Å². The van der Waals surface area contributed by atoms with Crippen LogP contribution in [0.25, 0.3) is 0 Å². The van der Waals surface area contributed by atoms with Crippen LogP contribution in [-0.4, -0.2) is 70.6 Å². The fourth-order valence-corrected chi connectivity index (χ4v) is 5.00. The zero-order valence-corrected chi connectivity index (χ0v) is 21.3. The highest BCUT2D eigenvalue weighted by Crippen LogP contribution is 2.33. The van der Waals surface area contributed by atoms with Crippen LogP contribution >= 0.6 is 0 Å². The molecule has 190 valence electrons. The Morgan fingerprint density at radius 3 is 2.71 bits per heavy atom. The van der Waals surface area contributed by atoms with Crippen LogP contribution in [0.3, 0.4) is 0 Å². The molecule has 3 aliphatic rings. The lowest BCUT2D eigenvalue weighted by Gasteiger charge is -2.37. The van der Waals surface area contributed by atoms with Gasteiger partial charge in [-0.2, -0.15) is 0 Å². The molecule has 0 radical (unpaired) electrons. The van der Waals surface area contributed by atoms with Crippen molar-refractivity contribution in [2.75, 3.05) is 26.7 Å². The van der Waals surface area contributed by atoms with Gasteiger partial charge in [-0.3, -0.25) is 9.59 Å². The standard InChI is InChI=1S/C28H39N3O4/c1-19-16-31(20(2)18-32)28(34)24-13-23(10-6-9-21-7-4-5-8-21)15-29-27(24)35-25(19)17-30(3)26(33)14-22-11-12-22/h13,15,19-22,25,32H,4-5,7-9,11-12,14,16-18H2,1-3H3/t19-,20+,25+/m0/s1. The average molecular weight is 482 g/mol. The third-order valence-electron chi connectivity index (χ3n) is 7.66. The maximum Gasteiger partial charge on any atom is 0.259 e. The average Bonchev–Trinajstić information content (AvgIpc) is 3.51. The van der Waals surface area contributed by atoms with E-state index in [-0.39, 0.29) is 42.4 Å². The van der Waals surface area contributed by atoms with Gasteiger partial charge in [-0.05, 0) is 50.5 Å². The summed E-state index contributed by atoms with van der Waals surface area (Å²) in [6.45, 7) is 4.57. The van der Waals surface area contributed by atoms with E-state index in [1.165, 1.54) is 25.7 Å². The van der Waals surface area contributed by atoms with Gasteiger partial charge in [0.2, 0.25) is 11.8 Å². The molecule has 0 aromatic carbocycles. The van der Waals surface area contributed by atoms with E-state index in [1.54, 1.807) is 22.1 Å². The van der Waals surface area contributed by atoms with Crippen molar-refractivity contribution in [2.45, 2.75) is 77.4 Å². The first kappa shape index (κ1) is 25.5. The van der Waals surface area contributed by atoms with Gasteiger partial charge in [0.15, 0.2) is 0 Å². The van der Waals surface area contributed by atoms with Crippen molar-refractivity contribution in [2.24, 2.45) is 17.8 Å². The monoisotopic (exact) mass is 481 g/mol. The van der Waals surface area contributed by atoms with Gasteiger partial charge in [0.05, 0.1) is 19.2 Å². The van der Waals surface area contributed by atoms with Crippen LogP contribution in [-0.2, 0) is 4.79 Å². The summed E-state index contributed by atoms with van der Waals surface area (Å²) in [7, 11) is 1.82. The number of pyridine rings is 1. The molecule has 1 N–H and O–H groups in total. The zero-order chi connectivity index (χ0) is 24.9. The van der Waals surface area contributed by atoms with E-state index < -0.39 is 0 Å². The summed E-state index contributed by atoms with van der Waals surface area (Å²) in [5.41, 5.74) is 1.05. The molecular weight excluding hydrogens is 442 g/mol. The number of carbonyl (C=O) groups excluding carboxylic acids is 2. The molecule has 0 bridgehead atoms. The number of hydrogen-bond donors (Lipinski definition) is 1. The van der Waals surface area contributed by atoms with Gasteiger partial charge in [-0.15, -0.1) is 0 Å². The molecule has 2 heterocycles. The number of fused-ring (bicyclic) bond motifs is 1. The Labute approximate surface area is 209 Å². The van der Waals surface area contributed by atoms with E-state index in [2.05, 4.69) is 16.8 Å². The fourth-order valence-electron chi connectivity index (χ4n) is 5.00. The van der Waals surface area contributed by atoms with Crippen molar-refractivity contribution in [1.82, 2.24) is 14.8 Å². The number of aliphatic hydroxyl groups is 1.